The maximum absolute atomic E-state index is 12.8. The Hall–Kier alpha value is -0.620. The summed E-state index contributed by atoms with van der Waals surface area (Å²) < 4.78 is 27.1. The van der Waals surface area contributed by atoms with E-state index >= 15 is 0 Å². The topological polar surface area (TPSA) is 63.4 Å². The zero-order valence-electron chi connectivity index (χ0n) is 11.7. The van der Waals surface area contributed by atoms with Crippen molar-refractivity contribution in [1.29, 1.82) is 0 Å². The van der Waals surface area contributed by atoms with Gasteiger partial charge in [0, 0.05) is 19.1 Å². The molecular weight excluding hydrogens is 296 g/mol. The lowest BCUT2D eigenvalue weighted by molar-refractivity contribution is 0.342. The van der Waals surface area contributed by atoms with Gasteiger partial charge in [0.1, 0.15) is 4.90 Å². The van der Waals surface area contributed by atoms with Gasteiger partial charge in [-0.05, 0) is 37.5 Å². The summed E-state index contributed by atoms with van der Waals surface area (Å²) in [6, 6.07) is 4.95. The number of rotatable bonds is 3. The summed E-state index contributed by atoms with van der Waals surface area (Å²) in [5.74, 6) is 0. The molecule has 0 amide bonds. The number of nitrogens with zero attached hydrogens (tertiary/aromatic N) is 1. The largest absolute Gasteiger partial charge is 0.326 e. The number of hydrogen-bond acceptors (Lipinski definition) is 3. The molecule has 20 heavy (non-hydrogen) atoms. The highest BCUT2D eigenvalue weighted by molar-refractivity contribution is 7.89. The van der Waals surface area contributed by atoms with Gasteiger partial charge in [-0.25, -0.2) is 8.42 Å². The zero-order valence-corrected chi connectivity index (χ0v) is 13.3. The Morgan fingerprint density at radius 2 is 2.10 bits per heavy atom. The van der Waals surface area contributed by atoms with Crippen molar-refractivity contribution >= 4 is 21.6 Å². The molecule has 0 aliphatic carbocycles. The Morgan fingerprint density at radius 3 is 2.75 bits per heavy atom. The Labute approximate surface area is 126 Å². The van der Waals surface area contributed by atoms with Gasteiger partial charge < -0.3 is 5.73 Å². The molecule has 1 fully saturated rings. The third-order valence-corrected chi connectivity index (χ3v) is 6.31. The molecule has 0 bridgehead atoms. The van der Waals surface area contributed by atoms with E-state index in [1.54, 1.807) is 22.5 Å². The van der Waals surface area contributed by atoms with Crippen molar-refractivity contribution in [3.8, 4) is 0 Å². The molecule has 4 nitrogen and oxygen atoms in total. The number of nitrogens with two attached hydrogens (primary N) is 1. The number of benzene rings is 1. The molecule has 2 rings (SSSR count). The smallest absolute Gasteiger partial charge is 0.244 e. The molecular formula is C14H21ClN2O2S. The summed E-state index contributed by atoms with van der Waals surface area (Å²) in [7, 11) is -3.53. The number of sulfonamides is 1. The van der Waals surface area contributed by atoms with Crippen LogP contribution < -0.4 is 5.73 Å². The van der Waals surface area contributed by atoms with Crippen LogP contribution in [0, 0.1) is 0 Å². The van der Waals surface area contributed by atoms with Gasteiger partial charge in [0.05, 0.1) is 5.02 Å². The molecule has 6 heteroatoms. The van der Waals surface area contributed by atoms with E-state index < -0.39 is 10.0 Å². The van der Waals surface area contributed by atoms with Gasteiger partial charge >= 0.3 is 0 Å². The first-order valence-corrected chi connectivity index (χ1v) is 8.79. The maximum Gasteiger partial charge on any atom is 0.244 e. The molecule has 0 saturated carbocycles. The SMILES string of the molecule is CC1CCCCCN1S(=O)(=O)c1ccc(CN)cc1Cl. The van der Waals surface area contributed by atoms with Gasteiger partial charge in [-0.1, -0.05) is 30.5 Å². The quantitative estimate of drug-likeness (QED) is 0.932. The number of hydrogen-bond donors (Lipinski definition) is 1. The summed E-state index contributed by atoms with van der Waals surface area (Å²) in [6.45, 7) is 2.88. The van der Waals surface area contributed by atoms with Crippen molar-refractivity contribution < 1.29 is 8.42 Å². The molecule has 1 aliphatic heterocycles. The van der Waals surface area contributed by atoms with E-state index in [0.29, 0.717) is 13.1 Å². The molecule has 112 valence electrons. The molecule has 0 aromatic heterocycles. The Morgan fingerprint density at radius 1 is 1.35 bits per heavy atom. The van der Waals surface area contributed by atoms with Crippen LogP contribution in [0.25, 0.3) is 0 Å². The standard InChI is InChI=1S/C14H21ClN2O2S/c1-11-5-3-2-4-8-17(11)20(18,19)14-7-6-12(10-16)9-13(14)15/h6-7,9,11H,2-5,8,10,16H2,1H3. The van der Waals surface area contributed by atoms with Crippen LogP contribution in [0.5, 0.6) is 0 Å². The van der Waals surface area contributed by atoms with Crippen LogP contribution in [-0.4, -0.2) is 25.3 Å². The van der Waals surface area contributed by atoms with Crippen LogP contribution in [0.1, 0.15) is 38.2 Å². The second kappa shape index (κ2) is 6.43. The van der Waals surface area contributed by atoms with Crippen LogP contribution in [0.15, 0.2) is 23.1 Å². The van der Waals surface area contributed by atoms with Crippen LogP contribution in [0.3, 0.4) is 0 Å². The van der Waals surface area contributed by atoms with Gasteiger partial charge in [-0.3, -0.25) is 0 Å². The highest BCUT2D eigenvalue weighted by Gasteiger charge is 2.31. The first-order chi connectivity index (χ1) is 9.46. The van der Waals surface area contributed by atoms with Crippen LogP contribution in [-0.2, 0) is 16.6 Å². The van der Waals surface area contributed by atoms with Gasteiger partial charge in [-0.15, -0.1) is 0 Å². The zero-order chi connectivity index (χ0) is 14.8. The van der Waals surface area contributed by atoms with Crippen molar-refractivity contribution in [2.45, 2.75) is 50.1 Å². The average Bonchev–Trinajstić information content (AvgIpc) is 2.63. The average molecular weight is 317 g/mol. The molecule has 1 heterocycles. The lowest BCUT2D eigenvalue weighted by Crippen LogP contribution is -2.38. The van der Waals surface area contributed by atoms with Gasteiger partial charge in [0.2, 0.25) is 10.0 Å². The molecule has 1 aliphatic rings. The Balaban J connectivity index is 2.38. The van der Waals surface area contributed by atoms with Crippen molar-refractivity contribution in [2.75, 3.05) is 6.54 Å². The molecule has 1 aromatic rings. The van der Waals surface area contributed by atoms with E-state index in [0.717, 1.165) is 31.2 Å². The van der Waals surface area contributed by atoms with Crippen LogP contribution >= 0.6 is 11.6 Å². The van der Waals surface area contributed by atoms with Crippen LogP contribution in [0.4, 0.5) is 0 Å². The monoisotopic (exact) mass is 316 g/mol. The summed E-state index contributed by atoms with van der Waals surface area (Å²) in [5.41, 5.74) is 6.38. The lowest BCUT2D eigenvalue weighted by atomic mass is 10.1. The maximum atomic E-state index is 12.8. The molecule has 1 saturated heterocycles. The predicted molar refractivity (Wildman–Crippen MR) is 81.2 cm³/mol. The minimum absolute atomic E-state index is 0.0211. The molecule has 0 spiro atoms. The normalized spacial score (nSPS) is 21.6. The lowest BCUT2D eigenvalue weighted by Gasteiger charge is -2.26. The second-order valence-corrected chi connectivity index (χ2v) is 7.55. The van der Waals surface area contributed by atoms with Crippen molar-refractivity contribution in [3.05, 3.63) is 28.8 Å². The fourth-order valence-electron chi connectivity index (χ4n) is 2.61. The van der Waals surface area contributed by atoms with E-state index in [9.17, 15) is 8.42 Å². The summed E-state index contributed by atoms with van der Waals surface area (Å²) in [6.07, 6.45) is 3.96. The summed E-state index contributed by atoms with van der Waals surface area (Å²) in [4.78, 5) is 0.185. The Bertz CT molecular complexity index is 575. The number of halogens is 1. The molecule has 1 aromatic carbocycles. The summed E-state index contributed by atoms with van der Waals surface area (Å²) in [5, 5.41) is 0.254. The molecule has 1 atom stereocenters. The van der Waals surface area contributed by atoms with Crippen molar-refractivity contribution in [2.24, 2.45) is 5.73 Å². The van der Waals surface area contributed by atoms with Crippen LogP contribution in [0.2, 0.25) is 5.02 Å². The van der Waals surface area contributed by atoms with Crippen molar-refractivity contribution in [3.63, 3.8) is 0 Å². The predicted octanol–water partition coefficient (Wildman–Crippen LogP) is 2.75. The van der Waals surface area contributed by atoms with E-state index in [4.69, 9.17) is 17.3 Å². The van der Waals surface area contributed by atoms with E-state index in [1.165, 1.54) is 0 Å². The minimum atomic E-state index is -3.53. The fraction of sp³-hybridized carbons (Fsp3) is 0.571. The highest BCUT2D eigenvalue weighted by atomic mass is 35.5. The minimum Gasteiger partial charge on any atom is -0.326 e. The molecule has 2 N–H and O–H groups in total. The third kappa shape index (κ3) is 3.17. The summed E-state index contributed by atoms with van der Waals surface area (Å²) >= 11 is 6.14. The van der Waals surface area contributed by atoms with Gasteiger partial charge in [0.15, 0.2) is 0 Å². The van der Waals surface area contributed by atoms with Gasteiger partial charge in [-0.2, -0.15) is 4.31 Å². The fourth-order valence-corrected chi connectivity index (χ4v) is 4.85. The van der Waals surface area contributed by atoms with E-state index in [-0.39, 0.29) is 16.0 Å². The third-order valence-electron chi connectivity index (χ3n) is 3.81. The van der Waals surface area contributed by atoms with Crippen molar-refractivity contribution in [1.82, 2.24) is 4.31 Å². The Kier molecular flexibility index (Phi) is 5.07. The highest BCUT2D eigenvalue weighted by Crippen LogP contribution is 2.29. The van der Waals surface area contributed by atoms with E-state index in [2.05, 4.69) is 0 Å². The first kappa shape index (κ1) is 15.8. The van der Waals surface area contributed by atoms with E-state index in [1.807, 2.05) is 6.92 Å². The second-order valence-electron chi connectivity index (χ2n) is 5.28. The van der Waals surface area contributed by atoms with Gasteiger partial charge in [0.25, 0.3) is 0 Å². The first-order valence-electron chi connectivity index (χ1n) is 6.97. The molecule has 0 radical (unpaired) electrons. The molecule has 1 unspecified atom stereocenters.